The van der Waals surface area contributed by atoms with Crippen LogP contribution in [-0.2, 0) is 13.0 Å². The van der Waals surface area contributed by atoms with Gasteiger partial charge >= 0.3 is 0 Å². The van der Waals surface area contributed by atoms with Crippen LogP contribution in [0.4, 0.5) is 0 Å². The van der Waals surface area contributed by atoms with Crippen LogP contribution < -0.4 is 5.32 Å². The minimum Gasteiger partial charge on any atom is -0.316 e. The molecule has 92 valence electrons. The molecule has 1 aromatic heterocycles. The molecule has 1 aromatic rings. The third kappa shape index (κ3) is 3.93. The van der Waals surface area contributed by atoms with Crippen LogP contribution in [0.25, 0.3) is 0 Å². The Labute approximate surface area is 98.5 Å². The lowest BCUT2D eigenvalue weighted by molar-refractivity contribution is 0.439. The molecule has 0 aliphatic rings. The Morgan fingerprint density at radius 2 is 2.19 bits per heavy atom. The number of aryl methyl sites for hydroxylation is 1. The molecule has 0 aliphatic carbocycles. The highest BCUT2D eigenvalue weighted by molar-refractivity contribution is 4.87. The van der Waals surface area contributed by atoms with E-state index in [1.54, 1.807) is 6.33 Å². The first-order valence-electron chi connectivity index (χ1n) is 6.39. The summed E-state index contributed by atoms with van der Waals surface area (Å²) in [6.07, 6.45) is 5.07. The molecular weight excluding hydrogens is 200 g/mol. The molecule has 0 fully saturated rings. The molecule has 1 unspecified atom stereocenters. The number of hydrogen-bond acceptors (Lipinski definition) is 3. The van der Waals surface area contributed by atoms with Gasteiger partial charge in [-0.2, -0.15) is 5.10 Å². The van der Waals surface area contributed by atoms with Gasteiger partial charge in [-0.05, 0) is 32.4 Å². The smallest absolute Gasteiger partial charge is 0.138 e. The Morgan fingerprint density at radius 3 is 2.81 bits per heavy atom. The zero-order valence-corrected chi connectivity index (χ0v) is 10.7. The van der Waals surface area contributed by atoms with E-state index in [1.165, 1.54) is 12.8 Å². The summed E-state index contributed by atoms with van der Waals surface area (Å²) < 4.78 is 1.99. The Hall–Kier alpha value is -0.900. The van der Waals surface area contributed by atoms with Crippen molar-refractivity contribution in [1.82, 2.24) is 20.1 Å². The van der Waals surface area contributed by atoms with Crippen LogP contribution in [0.3, 0.4) is 0 Å². The van der Waals surface area contributed by atoms with Gasteiger partial charge in [0, 0.05) is 13.0 Å². The molecule has 0 radical (unpaired) electrons. The summed E-state index contributed by atoms with van der Waals surface area (Å²) in [4.78, 5) is 4.33. The van der Waals surface area contributed by atoms with Gasteiger partial charge in [0.05, 0.1) is 0 Å². The normalized spacial score (nSPS) is 12.9. The topological polar surface area (TPSA) is 42.7 Å². The van der Waals surface area contributed by atoms with Crippen LogP contribution in [0.5, 0.6) is 0 Å². The Morgan fingerprint density at radius 1 is 1.38 bits per heavy atom. The van der Waals surface area contributed by atoms with Crippen LogP contribution in [0.1, 0.15) is 39.4 Å². The number of aromatic nitrogens is 3. The quantitative estimate of drug-likeness (QED) is 0.685. The van der Waals surface area contributed by atoms with Gasteiger partial charge in [-0.1, -0.05) is 20.3 Å². The molecule has 4 nitrogen and oxygen atoms in total. The van der Waals surface area contributed by atoms with Crippen LogP contribution in [0, 0.1) is 5.92 Å². The summed E-state index contributed by atoms with van der Waals surface area (Å²) in [7, 11) is 0. The molecule has 1 rings (SSSR count). The van der Waals surface area contributed by atoms with E-state index in [0.29, 0.717) is 5.92 Å². The minimum absolute atomic E-state index is 0.668. The molecule has 1 heterocycles. The van der Waals surface area contributed by atoms with Crippen molar-refractivity contribution in [2.24, 2.45) is 5.92 Å². The van der Waals surface area contributed by atoms with Gasteiger partial charge < -0.3 is 5.32 Å². The average molecular weight is 224 g/mol. The average Bonchev–Trinajstić information content (AvgIpc) is 2.75. The molecule has 0 aromatic carbocycles. The maximum atomic E-state index is 4.33. The number of hydrogen-bond donors (Lipinski definition) is 1. The SMILES string of the molecule is CCCNCC(CC)Cc1ncnn1CC. The van der Waals surface area contributed by atoms with E-state index in [9.17, 15) is 0 Å². The summed E-state index contributed by atoms with van der Waals surface area (Å²) >= 11 is 0. The van der Waals surface area contributed by atoms with E-state index < -0.39 is 0 Å². The zero-order valence-electron chi connectivity index (χ0n) is 10.7. The second-order valence-electron chi connectivity index (χ2n) is 4.17. The second kappa shape index (κ2) is 7.39. The fourth-order valence-corrected chi connectivity index (χ4v) is 1.81. The molecule has 0 saturated heterocycles. The van der Waals surface area contributed by atoms with Crippen LogP contribution in [0.2, 0.25) is 0 Å². The third-order valence-corrected chi connectivity index (χ3v) is 2.90. The fraction of sp³-hybridized carbons (Fsp3) is 0.833. The van der Waals surface area contributed by atoms with Gasteiger partial charge in [0.1, 0.15) is 12.2 Å². The van der Waals surface area contributed by atoms with E-state index in [1.807, 2.05) is 4.68 Å². The maximum Gasteiger partial charge on any atom is 0.138 e. The first kappa shape index (κ1) is 13.2. The first-order chi connectivity index (χ1) is 7.81. The molecule has 0 saturated carbocycles. The van der Waals surface area contributed by atoms with Crippen molar-refractivity contribution in [2.45, 2.75) is 46.6 Å². The van der Waals surface area contributed by atoms with Crippen molar-refractivity contribution in [2.75, 3.05) is 13.1 Å². The maximum absolute atomic E-state index is 4.33. The van der Waals surface area contributed by atoms with Crippen molar-refractivity contribution >= 4 is 0 Å². The lowest BCUT2D eigenvalue weighted by atomic mass is 10.0. The molecule has 4 heteroatoms. The third-order valence-electron chi connectivity index (χ3n) is 2.90. The Balaban J connectivity index is 2.43. The monoisotopic (exact) mass is 224 g/mol. The van der Waals surface area contributed by atoms with Crippen molar-refractivity contribution in [3.05, 3.63) is 12.2 Å². The van der Waals surface area contributed by atoms with Crippen molar-refractivity contribution in [1.29, 1.82) is 0 Å². The van der Waals surface area contributed by atoms with Gasteiger partial charge in [-0.25, -0.2) is 4.98 Å². The second-order valence-corrected chi connectivity index (χ2v) is 4.17. The summed E-state index contributed by atoms with van der Waals surface area (Å²) in [5, 5.41) is 7.68. The lowest BCUT2D eigenvalue weighted by Gasteiger charge is -2.15. The van der Waals surface area contributed by atoms with E-state index in [0.717, 1.165) is 31.9 Å². The molecular formula is C12H24N4. The molecule has 0 amide bonds. The molecule has 1 atom stereocenters. The van der Waals surface area contributed by atoms with Crippen LogP contribution in [-0.4, -0.2) is 27.9 Å². The number of rotatable bonds is 8. The van der Waals surface area contributed by atoms with Gasteiger partial charge in [0.15, 0.2) is 0 Å². The molecule has 0 aliphatic heterocycles. The van der Waals surface area contributed by atoms with E-state index in [2.05, 4.69) is 36.2 Å². The van der Waals surface area contributed by atoms with Gasteiger partial charge in [0.2, 0.25) is 0 Å². The minimum atomic E-state index is 0.668. The predicted octanol–water partition coefficient (Wildman–Crippen LogP) is 1.87. The van der Waals surface area contributed by atoms with Crippen molar-refractivity contribution in [3.8, 4) is 0 Å². The Kier molecular flexibility index (Phi) is 6.08. The van der Waals surface area contributed by atoms with Crippen molar-refractivity contribution in [3.63, 3.8) is 0 Å². The summed E-state index contributed by atoms with van der Waals surface area (Å²) in [5.41, 5.74) is 0. The van der Waals surface area contributed by atoms with Gasteiger partial charge in [-0.15, -0.1) is 0 Å². The first-order valence-corrected chi connectivity index (χ1v) is 6.39. The lowest BCUT2D eigenvalue weighted by Crippen LogP contribution is -2.25. The van der Waals surface area contributed by atoms with Crippen LogP contribution in [0.15, 0.2) is 6.33 Å². The summed E-state index contributed by atoms with van der Waals surface area (Å²) in [6.45, 7) is 9.65. The predicted molar refractivity (Wildman–Crippen MR) is 66.3 cm³/mol. The fourth-order valence-electron chi connectivity index (χ4n) is 1.81. The standard InChI is InChI=1S/C12H24N4/c1-4-7-13-9-11(5-2)8-12-14-10-15-16(12)6-3/h10-11,13H,4-9H2,1-3H3. The highest BCUT2D eigenvalue weighted by Crippen LogP contribution is 2.09. The highest BCUT2D eigenvalue weighted by atomic mass is 15.3. The van der Waals surface area contributed by atoms with Crippen molar-refractivity contribution < 1.29 is 0 Å². The number of nitrogens with zero attached hydrogens (tertiary/aromatic N) is 3. The molecule has 0 spiro atoms. The largest absolute Gasteiger partial charge is 0.316 e. The van der Waals surface area contributed by atoms with Gasteiger partial charge in [0.25, 0.3) is 0 Å². The molecule has 1 N–H and O–H groups in total. The van der Waals surface area contributed by atoms with Crippen LogP contribution >= 0.6 is 0 Å². The summed E-state index contributed by atoms with van der Waals surface area (Å²) in [5.74, 6) is 1.79. The number of nitrogens with one attached hydrogen (secondary N) is 1. The molecule has 16 heavy (non-hydrogen) atoms. The van der Waals surface area contributed by atoms with E-state index >= 15 is 0 Å². The van der Waals surface area contributed by atoms with Gasteiger partial charge in [-0.3, -0.25) is 4.68 Å². The van der Waals surface area contributed by atoms with E-state index in [4.69, 9.17) is 0 Å². The highest BCUT2D eigenvalue weighted by Gasteiger charge is 2.11. The molecule has 0 bridgehead atoms. The summed E-state index contributed by atoms with van der Waals surface area (Å²) in [6, 6.07) is 0. The Bertz CT molecular complexity index is 282. The van der Waals surface area contributed by atoms with E-state index in [-0.39, 0.29) is 0 Å². The zero-order chi connectivity index (χ0) is 11.8.